The van der Waals surface area contributed by atoms with Crippen LogP contribution in [0.3, 0.4) is 0 Å². The summed E-state index contributed by atoms with van der Waals surface area (Å²) >= 11 is 0. The molecule has 0 aliphatic rings. The number of carbonyl (C=O) groups excluding carboxylic acids is 1. The Hall–Kier alpha value is -2.54. The van der Waals surface area contributed by atoms with Gasteiger partial charge in [0.1, 0.15) is 11.3 Å². The molecular weight excluding hydrogens is 316 g/mol. The molecule has 23 heavy (non-hydrogen) atoms. The third-order valence-electron chi connectivity index (χ3n) is 2.97. The molecule has 0 N–H and O–H groups in total. The molecule has 0 atom stereocenters. The predicted molar refractivity (Wildman–Crippen MR) is 85.1 cm³/mol. The summed E-state index contributed by atoms with van der Waals surface area (Å²) in [5, 5.41) is 0. The van der Waals surface area contributed by atoms with Crippen molar-refractivity contribution >= 4 is 16.4 Å². The number of amides is 1. The van der Waals surface area contributed by atoms with Gasteiger partial charge in [0.25, 0.3) is 5.91 Å². The quantitative estimate of drug-likeness (QED) is 0.860. The molecule has 2 aromatic rings. The summed E-state index contributed by atoms with van der Waals surface area (Å²) in [6.45, 7) is 5.92. The molecule has 2 rings (SSSR count). The van der Waals surface area contributed by atoms with Crippen LogP contribution in [0.15, 0.2) is 46.8 Å². The topological polar surface area (TPSA) is 85.7 Å². The Morgan fingerprint density at radius 2 is 1.74 bits per heavy atom. The van der Waals surface area contributed by atoms with Crippen molar-refractivity contribution in [3.05, 3.63) is 53.7 Å². The van der Waals surface area contributed by atoms with E-state index in [-0.39, 0.29) is 16.9 Å². The van der Waals surface area contributed by atoms with Gasteiger partial charge < -0.3 is 4.74 Å². The number of carbonyl (C=O) groups is 1. The van der Waals surface area contributed by atoms with Crippen LogP contribution in [-0.2, 0) is 15.9 Å². The first-order valence-electron chi connectivity index (χ1n) is 6.87. The summed E-state index contributed by atoms with van der Waals surface area (Å²) in [6, 6.07) is 11.9. The Morgan fingerprint density at radius 1 is 1.09 bits per heavy atom. The average molecular weight is 332 g/mol. The van der Waals surface area contributed by atoms with Crippen molar-refractivity contribution in [1.29, 1.82) is 0 Å². The zero-order valence-corrected chi connectivity index (χ0v) is 13.8. The second-order valence-corrected chi connectivity index (χ2v) is 6.44. The van der Waals surface area contributed by atoms with Crippen molar-refractivity contribution in [2.75, 3.05) is 0 Å². The van der Waals surface area contributed by atoms with Crippen molar-refractivity contribution < 1.29 is 17.9 Å². The Labute approximate surface area is 135 Å². The Bertz CT molecular complexity index is 845. The molecule has 1 amide bonds. The normalized spacial score (nSPS) is 10.9. The van der Waals surface area contributed by atoms with Crippen molar-refractivity contribution in [2.24, 2.45) is 4.36 Å². The van der Waals surface area contributed by atoms with Gasteiger partial charge in [-0.15, -0.1) is 0 Å². The van der Waals surface area contributed by atoms with E-state index >= 15 is 0 Å². The van der Waals surface area contributed by atoms with Gasteiger partial charge in [0.15, 0.2) is 0 Å². The molecule has 0 aliphatic carbocycles. The third-order valence-corrected chi connectivity index (χ3v) is 3.29. The fourth-order valence-electron chi connectivity index (χ4n) is 1.82. The number of rotatable bonds is 3. The lowest BCUT2D eigenvalue weighted by Gasteiger charge is -2.19. The highest BCUT2D eigenvalue weighted by molar-refractivity contribution is 7.62. The van der Waals surface area contributed by atoms with Crippen LogP contribution in [0.5, 0.6) is 11.6 Å². The average Bonchev–Trinajstić information content (AvgIpc) is 2.46. The van der Waals surface area contributed by atoms with Gasteiger partial charge in [0, 0.05) is 11.1 Å². The Balaban J connectivity index is 2.53. The minimum Gasteiger partial charge on any atom is -0.438 e. The number of hydrogen-bond acceptors (Lipinski definition) is 5. The van der Waals surface area contributed by atoms with Crippen molar-refractivity contribution in [1.82, 2.24) is 4.98 Å². The number of nitrogens with zero attached hydrogens (tertiary/aromatic N) is 2. The van der Waals surface area contributed by atoms with Crippen LogP contribution in [0, 0.1) is 0 Å². The van der Waals surface area contributed by atoms with Gasteiger partial charge in [-0.3, -0.25) is 4.79 Å². The zero-order valence-electron chi connectivity index (χ0n) is 13.0. The van der Waals surface area contributed by atoms with Crippen LogP contribution < -0.4 is 4.74 Å². The molecule has 1 aromatic carbocycles. The number of ether oxygens (including phenoxy) is 1. The summed E-state index contributed by atoms with van der Waals surface area (Å²) in [4.78, 5) is 16.3. The lowest BCUT2D eigenvalue weighted by molar-refractivity contribution is 0.100. The van der Waals surface area contributed by atoms with E-state index in [0.717, 1.165) is 0 Å². The van der Waals surface area contributed by atoms with E-state index in [1.54, 1.807) is 30.3 Å². The number of pyridine rings is 1. The van der Waals surface area contributed by atoms with Crippen LogP contribution in [0.2, 0.25) is 0 Å². The maximum absolute atomic E-state index is 11.9. The maximum atomic E-state index is 11.9. The second kappa shape index (κ2) is 6.70. The summed E-state index contributed by atoms with van der Waals surface area (Å²) < 4.78 is 29.9. The number of benzene rings is 1. The van der Waals surface area contributed by atoms with E-state index in [1.807, 2.05) is 26.8 Å². The van der Waals surface area contributed by atoms with E-state index in [1.165, 1.54) is 6.07 Å². The fourth-order valence-corrected chi connectivity index (χ4v) is 2.05. The zero-order chi connectivity index (χ0) is 17.0. The van der Waals surface area contributed by atoms with E-state index < -0.39 is 16.4 Å². The molecule has 0 saturated carbocycles. The molecule has 0 aliphatic heterocycles. The van der Waals surface area contributed by atoms with Crippen LogP contribution in [0.4, 0.5) is 0 Å². The predicted octanol–water partition coefficient (Wildman–Crippen LogP) is 3.37. The molecule has 0 fully saturated rings. The van der Waals surface area contributed by atoms with E-state index in [0.29, 0.717) is 11.4 Å². The van der Waals surface area contributed by atoms with Crippen LogP contribution in [0.1, 0.15) is 36.8 Å². The first kappa shape index (κ1) is 16.8. The summed E-state index contributed by atoms with van der Waals surface area (Å²) in [5.74, 6) is -0.400. The van der Waals surface area contributed by atoms with Gasteiger partial charge in [-0.05, 0) is 24.3 Å². The standard InChI is InChI=1S/C16H16N2O4S/c1-16(2,3)13-10-9-12(14(19)18-23(20)21)15(17-13)22-11-7-5-4-6-8-11/h4-10H,1-3H3. The number of hydrogen-bond donors (Lipinski definition) is 0. The minimum atomic E-state index is -2.83. The molecular formula is C16H16N2O4S. The van der Waals surface area contributed by atoms with Gasteiger partial charge in [-0.1, -0.05) is 43.3 Å². The van der Waals surface area contributed by atoms with Crippen LogP contribution in [0.25, 0.3) is 0 Å². The van der Waals surface area contributed by atoms with Gasteiger partial charge in [-0.2, -0.15) is 8.42 Å². The molecule has 0 radical (unpaired) electrons. The Morgan fingerprint density at radius 3 is 2.30 bits per heavy atom. The molecule has 1 heterocycles. The number of para-hydroxylation sites is 1. The largest absolute Gasteiger partial charge is 0.438 e. The van der Waals surface area contributed by atoms with Gasteiger partial charge in [0.2, 0.25) is 5.88 Å². The highest BCUT2D eigenvalue weighted by Gasteiger charge is 2.21. The lowest BCUT2D eigenvalue weighted by atomic mass is 9.91. The maximum Gasteiger partial charge on any atom is 0.319 e. The Kier molecular flexibility index (Phi) is 4.90. The summed E-state index contributed by atoms with van der Waals surface area (Å²) in [6.07, 6.45) is 0. The highest BCUT2D eigenvalue weighted by Crippen LogP contribution is 2.28. The van der Waals surface area contributed by atoms with Crippen LogP contribution in [-0.4, -0.2) is 19.3 Å². The molecule has 120 valence electrons. The fraction of sp³-hybridized carbons (Fsp3) is 0.250. The van der Waals surface area contributed by atoms with Gasteiger partial charge in [-0.25, -0.2) is 4.98 Å². The first-order valence-corrected chi connectivity index (χ1v) is 7.90. The molecule has 0 spiro atoms. The molecule has 6 nitrogen and oxygen atoms in total. The van der Waals surface area contributed by atoms with Crippen LogP contribution >= 0.6 is 0 Å². The van der Waals surface area contributed by atoms with E-state index in [4.69, 9.17) is 4.74 Å². The second-order valence-electron chi connectivity index (χ2n) is 5.83. The molecule has 0 saturated heterocycles. The highest BCUT2D eigenvalue weighted by atomic mass is 32.2. The minimum absolute atomic E-state index is 0.00828. The summed E-state index contributed by atoms with van der Waals surface area (Å²) in [7, 11) is -2.83. The number of aromatic nitrogens is 1. The van der Waals surface area contributed by atoms with Gasteiger partial charge >= 0.3 is 10.5 Å². The summed E-state index contributed by atoms with van der Waals surface area (Å²) in [5.41, 5.74) is 0.448. The first-order chi connectivity index (χ1) is 10.8. The monoisotopic (exact) mass is 332 g/mol. The molecule has 0 bridgehead atoms. The van der Waals surface area contributed by atoms with Crippen molar-refractivity contribution in [3.8, 4) is 11.6 Å². The van der Waals surface area contributed by atoms with Crippen molar-refractivity contribution in [2.45, 2.75) is 26.2 Å². The smallest absolute Gasteiger partial charge is 0.319 e. The molecule has 7 heteroatoms. The van der Waals surface area contributed by atoms with E-state index in [2.05, 4.69) is 9.35 Å². The third kappa shape index (κ3) is 4.46. The molecule has 1 aromatic heterocycles. The lowest BCUT2D eigenvalue weighted by Crippen LogP contribution is -2.15. The molecule has 0 unspecified atom stereocenters. The van der Waals surface area contributed by atoms with Gasteiger partial charge in [0.05, 0.1) is 0 Å². The van der Waals surface area contributed by atoms with E-state index in [9.17, 15) is 13.2 Å². The SMILES string of the molecule is CC(C)(C)c1ccc(C(=O)N=S(=O)=O)c(Oc2ccccc2)n1. The van der Waals surface area contributed by atoms with Crippen molar-refractivity contribution in [3.63, 3.8) is 0 Å².